The summed E-state index contributed by atoms with van der Waals surface area (Å²) in [6.07, 6.45) is -0.798. The Balaban J connectivity index is 1.88. The van der Waals surface area contributed by atoms with Crippen LogP contribution in [0.4, 0.5) is 4.79 Å². The van der Waals surface area contributed by atoms with E-state index in [1.165, 1.54) is 14.2 Å². The number of hydrazine groups is 1. The molecule has 0 saturated carbocycles. The Hall–Kier alpha value is -4.37. The van der Waals surface area contributed by atoms with Crippen LogP contribution in [0.2, 0.25) is 0 Å². The molecule has 3 aromatic carbocycles. The Morgan fingerprint density at radius 3 is 1.92 bits per heavy atom. The van der Waals surface area contributed by atoms with Gasteiger partial charge in [-0.1, -0.05) is 72.8 Å². The molecule has 2 N–H and O–H groups in total. The largest absolute Gasteiger partial charge is 0.497 e. The minimum atomic E-state index is -1.25. The molecule has 0 heterocycles. The molecule has 2 atom stereocenters. The highest BCUT2D eigenvalue weighted by Crippen LogP contribution is 2.16. The number of hydrogen-bond acceptors (Lipinski definition) is 7. The van der Waals surface area contributed by atoms with E-state index in [1.807, 2.05) is 12.1 Å². The van der Waals surface area contributed by atoms with E-state index in [4.69, 9.17) is 14.2 Å². The fourth-order valence-electron chi connectivity index (χ4n) is 3.67. The second kappa shape index (κ2) is 13.6. The van der Waals surface area contributed by atoms with Gasteiger partial charge in [-0.3, -0.25) is 4.79 Å². The number of benzene rings is 3. The number of aliphatic carboxylic acids is 1. The van der Waals surface area contributed by atoms with Crippen LogP contribution in [0.1, 0.15) is 16.7 Å². The van der Waals surface area contributed by atoms with Gasteiger partial charge in [-0.2, -0.15) is 0 Å². The second-order valence-corrected chi connectivity index (χ2v) is 8.21. The summed E-state index contributed by atoms with van der Waals surface area (Å²) in [5, 5.41) is 10.9. The van der Waals surface area contributed by atoms with E-state index in [0.29, 0.717) is 11.3 Å². The van der Waals surface area contributed by atoms with E-state index < -0.39 is 30.1 Å². The van der Waals surface area contributed by atoms with Crippen molar-refractivity contribution in [2.75, 3.05) is 14.2 Å². The van der Waals surface area contributed by atoms with Crippen LogP contribution in [0.15, 0.2) is 84.9 Å². The number of methoxy groups -OCH3 is 2. The van der Waals surface area contributed by atoms with Crippen LogP contribution in [0.25, 0.3) is 0 Å². The monoisotopic (exact) mass is 506 g/mol. The lowest BCUT2D eigenvalue weighted by atomic mass is 10.0. The molecule has 0 aromatic heterocycles. The second-order valence-electron chi connectivity index (χ2n) is 8.21. The third kappa shape index (κ3) is 8.08. The summed E-state index contributed by atoms with van der Waals surface area (Å²) in [5.41, 5.74) is 4.91. The molecule has 3 rings (SSSR count). The Morgan fingerprint density at radius 2 is 1.38 bits per heavy atom. The van der Waals surface area contributed by atoms with Crippen LogP contribution in [0.5, 0.6) is 5.75 Å². The molecule has 37 heavy (non-hydrogen) atoms. The van der Waals surface area contributed by atoms with Gasteiger partial charge in [0.15, 0.2) is 6.04 Å². The molecule has 0 aliphatic carbocycles. The Bertz CT molecular complexity index is 1150. The molecule has 194 valence electrons. The van der Waals surface area contributed by atoms with Crippen LogP contribution in [0, 0.1) is 0 Å². The molecule has 9 heteroatoms. The van der Waals surface area contributed by atoms with Gasteiger partial charge < -0.3 is 19.3 Å². The van der Waals surface area contributed by atoms with Crippen molar-refractivity contribution in [3.8, 4) is 5.75 Å². The maximum atomic E-state index is 13.3. The number of nitrogens with one attached hydrogen (secondary N) is 1. The number of ether oxygens (including phenoxy) is 3. The maximum Gasteiger partial charge on any atom is 0.425 e. The standard InChI is InChI=1S/C28H30N2O7/c1-35-23-15-13-21(14-16-23)17-24(26(31)32)29-30(28(34)37-19-22-11-7-4-8-12-22)25(27(33)36-2)18-20-9-5-3-6-10-20/h3-16,24-25,29H,17-19H2,1-2H3,(H,31,32)/t24-,25-/m0/s1. The quantitative estimate of drug-likeness (QED) is 0.283. The molecule has 0 spiro atoms. The van der Waals surface area contributed by atoms with E-state index in [1.54, 1.807) is 72.8 Å². The third-order valence-electron chi connectivity index (χ3n) is 5.65. The molecule has 0 saturated heterocycles. The lowest BCUT2D eigenvalue weighted by molar-refractivity contribution is -0.150. The van der Waals surface area contributed by atoms with E-state index >= 15 is 0 Å². The fraction of sp³-hybridized carbons (Fsp3) is 0.250. The molecule has 0 unspecified atom stereocenters. The van der Waals surface area contributed by atoms with E-state index in [-0.39, 0.29) is 19.4 Å². The van der Waals surface area contributed by atoms with Crippen molar-refractivity contribution >= 4 is 18.0 Å². The lowest BCUT2D eigenvalue weighted by Gasteiger charge is -2.32. The minimum absolute atomic E-state index is 0.0288. The average molecular weight is 507 g/mol. The van der Waals surface area contributed by atoms with Crippen LogP contribution < -0.4 is 10.2 Å². The van der Waals surface area contributed by atoms with Gasteiger partial charge in [-0.25, -0.2) is 20.0 Å². The highest BCUT2D eigenvalue weighted by molar-refractivity contribution is 5.82. The first-order chi connectivity index (χ1) is 17.9. The average Bonchev–Trinajstić information content (AvgIpc) is 2.93. The number of rotatable bonds is 12. The number of esters is 1. The van der Waals surface area contributed by atoms with E-state index in [9.17, 15) is 19.5 Å². The van der Waals surface area contributed by atoms with Crippen molar-refractivity contribution < 1.29 is 33.7 Å². The van der Waals surface area contributed by atoms with Gasteiger partial charge in [0.2, 0.25) is 0 Å². The lowest BCUT2D eigenvalue weighted by Crippen LogP contribution is -2.59. The van der Waals surface area contributed by atoms with Crippen LogP contribution >= 0.6 is 0 Å². The first-order valence-corrected chi connectivity index (χ1v) is 11.6. The summed E-state index contributed by atoms with van der Waals surface area (Å²) in [6, 6.07) is 22.5. The Labute approximate surface area is 215 Å². The Morgan fingerprint density at radius 1 is 0.811 bits per heavy atom. The summed E-state index contributed by atoms with van der Waals surface area (Å²) in [6.45, 7) is -0.0622. The van der Waals surface area contributed by atoms with E-state index in [2.05, 4.69) is 5.43 Å². The van der Waals surface area contributed by atoms with Gasteiger partial charge in [0.25, 0.3) is 0 Å². The summed E-state index contributed by atoms with van der Waals surface area (Å²) in [4.78, 5) is 38.3. The number of carboxylic acid groups (broad SMARTS) is 1. The molecule has 0 aliphatic rings. The molecule has 0 bridgehead atoms. The molecule has 0 radical (unpaired) electrons. The first-order valence-electron chi connectivity index (χ1n) is 11.6. The molecule has 3 aromatic rings. The van der Waals surface area contributed by atoms with E-state index in [0.717, 1.165) is 16.1 Å². The smallest absolute Gasteiger partial charge is 0.425 e. The molecule has 1 amide bonds. The molecular formula is C28H30N2O7. The number of amides is 1. The predicted molar refractivity (Wildman–Crippen MR) is 136 cm³/mol. The van der Waals surface area contributed by atoms with Gasteiger partial charge in [0, 0.05) is 12.8 Å². The summed E-state index contributed by atoms with van der Waals surface area (Å²) in [5.74, 6) is -1.30. The molecular weight excluding hydrogens is 476 g/mol. The number of carbonyl (C=O) groups is 3. The zero-order chi connectivity index (χ0) is 26.6. The minimum Gasteiger partial charge on any atom is -0.497 e. The normalized spacial score (nSPS) is 12.2. The van der Waals surface area contributed by atoms with Crippen molar-refractivity contribution in [2.24, 2.45) is 0 Å². The van der Waals surface area contributed by atoms with Crippen LogP contribution in [0.3, 0.4) is 0 Å². The van der Waals surface area contributed by atoms with Crippen molar-refractivity contribution in [3.05, 3.63) is 102 Å². The van der Waals surface area contributed by atoms with Gasteiger partial charge in [0.05, 0.1) is 14.2 Å². The first kappa shape index (κ1) is 27.2. The van der Waals surface area contributed by atoms with Crippen molar-refractivity contribution in [3.63, 3.8) is 0 Å². The molecule has 0 fully saturated rings. The highest BCUT2D eigenvalue weighted by Gasteiger charge is 2.35. The maximum absolute atomic E-state index is 13.3. The molecule has 0 aliphatic heterocycles. The highest BCUT2D eigenvalue weighted by atomic mass is 16.6. The van der Waals surface area contributed by atoms with Gasteiger partial charge in [0.1, 0.15) is 18.4 Å². The predicted octanol–water partition coefficient (Wildman–Crippen LogP) is 3.62. The topological polar surface area (TPSA) is 114 Å². The number of carboxylic acids is 1. The zero-order valence-corrected chi connectivity index (χ0v) is 20.7. The number of hydrogen-bond donors (Lipinski definition) is 2. The number of nitrogens with zero attached hydrogens (tertiary/aromatic N) is 1. The summed E-state index contributed by atoms with van der Waals surface area (Å²) < 4.78 is 15.6. The van der Waals surface area contributed by atoms with Crippen LogP contribution in [-0.4, -0.2) is 54.5 Å². The van der Waals surface area contributed by atoms with Crippen molar-refractivity contribution in [1.29, 1.82) is 0 Å². The fourth-order valence-corrected chi connectivity index (χ4v) is 3.67. The van der Waals surface area contributed by atoms with Gasteiger partial charge >= 0.3 is 18.0 Å². The SMILES string of the molecule is COC(=O)[C@H](Cc1ccccc1)N(N[C@@H](Cc1ccc(OC)cc1)C(=O)O)C(=O)OCc1ccccc1. The Kier molecular flexibility index (Phi) is 10.0. The van der Waals surface area contributed by atoms with Crippen LogP contribution in [-0.2, 0) is 38.5 Å². The third-order valence-corrected chi connectivity index (χ3v) is 5.65. The van der Waals surface area contributed by atoms with Crippen molar-refractivity contribution in [2.45, 2.75) is 31.5 Å². The number of carbonyl (C=O) groups excluding carboxylic acids is 2. The molecule has 9 nitrogen and oxygen atoms in total. The van der Waals surface area contributed by atoms with Crippen molar-refractivity contribution in [1.82, 2.24) is 10.4 Å². The zero-order valence-electron chi connectivity index (χ0n) is 20.7. The summed E-state index contributed by atoms with van der Waals surface area (Å²) >= 11 is 0. The van der Waals surface area contributed by atoms with Gasteiger partial charge in [-0.05, 0) is 28.8 Å². The van der Waals surface area contributed by atoms with Gasteiger partial charge in [-0.15, -0.1) is 0 Å². The summed E-state index contributed by atoms with van der Waals surface area (Å²) in [7, 11) is 2.75.